The van der Waals surface area contributed by atoms with Gasteiger partial charge in [0.15, 0.2) is 17.3 Å². The Labute approximate surface area is 155 Å². The molecule has 0 fully saturated rings. The van der Waals surface area contributed by atoms with Crippen molar-refractivity contribution in [3.8, 4) is 0 Å². The number of carbonyl (C=O) groups excluding carboxylic acids is 3. The third-order valence-corrected chi connectivity index (χ3v) is 4.85. The fourth-order valence-corrected chi connectivity index (χ4v) is 3.37. The number of nitrogen functional groups attached to an aromatic ring is 2. The maximum absolute atomic E-state index is 13.1. The van der Waals surface area contributed by atoms with E-state index in [0.29, 0.717) is 5.56 Å². The van der Waals surface area contributed by atoms with Crippen LogP contribution in [0.1, 0.15) is 53.3 Å². The highest BCUT2D eigenvalue weighted by Gasteiger charge is 2.35. The van der Waals surface area contributed by atoms with Gasteiger partial charge in [0.25, 0.3) is 0 Å². The Balaban J connectivity index is 1.92. The highest BCUT2D eigenvalue weighted by Crippen LogP contribution is 2.35. The number of carbonyl (C=O) groups is 3. The molecule has 3 aromatic carbocycles. The number of hydrogen-bond donors (Lipinski definition) is 2. The molecule has 0 aromatic heterocycles. The van der Waals surface area contributed by atoms with Gasteiger partial charge in [-0.05, 0) is 19.1 Å². The first-order chi connectivity index (χ1) is 12.9. The molecule has 0 spiro atoms. The predicted octanol–water partition coefficient (Wildman–Crippen LogP) is 3.17. The Morgan fingerprint density at radius 1 is 0.778 bits per heavy atom. The van der Waals surface area contributed by atoms with Gasteiger partial charge in [0, 0.05) is 27.8 Å². The molecule has 4 N–H and O–H groups in total. The molecule has 0 atom stereocenters. The molecule has 132 valence electrons. The van der Waals surface area contributed by atoms with E-state index < -0.39 is 11.6 Å². The molecule has 0 saturated heterocycles. The monoisotopic (exact) mass is 356 g/mol. The van der Waals surface area contributed by atoms with Gasteiger partial charge < -0.3 is 11.5 Å². The van der Waals surface area contributed by atoms with Gasteiger partial charge >= 0.3 is 0 Å². The Morgan fingerprint density at radius 2 is 1.41 bits per heavy atom. The summed E-state index contributed by atoms with van der Waals surface area (Å²) in [5.41, 5.74) is 14.3. The summed E-state index contributed by atoms with van der Waals surface area (Å²) in [6, 6.07) is 14.7. The summed E-state index contributed by atoms with van der Waals surface area (Å²) in [6.07, 6.45) is 0. The van der Waals surface area contributed by atoms with Gasteiger partial charge in [-0.1, -0.05) is 48.0 Å². The molecule has 0 radical (unpaired) electrons. The van der Waals surface area contributed by atoms with Crippen LogP contribution in [0, 0.1) is 6.92 Å². The van der Waals surface area contributed by atoms with Crippen LogP contribution in [0.25, 0.3) is 0 Å². The van der Waals surface area contributed by atoms with Crippen molar-refractivity contribution in [2.45, 2.75) is 6.92 Å². The number of ketones is 3. The van der Waals surface area contributed by atoms with Crippen molar-refractivity contribution < 1.29 is 14.4 Å². The molecule has 0 unspecified atom stereocenters. The molecule has 0 bridgehead atoms. The Bertz CT molecular complexity index is 1140. The maximum Gasteiger partial charge on any atom is 0.196 e. The predicted molar refractivity (Wildman–Crippen MR) is 103 cm³/mol. The first-order valence-electron chi connectivity index (χ1n) is 8.42. The quantitative estimate of drug-likeness (QED) is 0.424. The summed E-state index contributed by atoms with van der Waals surface area (Å²) < 4.78 is 0. The van der Waals surface area contributed by atoms with E-state index in [4.69, 9.17) is 11.5 Å². The highest BCUT2D eigenvalue weighted by molar-refractivity contribution is 6.33. The van der Waals surface area contributed by atoms with Crippen molar-refractivity contribution in [1.82, 2.24) is 0 Å². The van der Waals surface area contributed by atoms with Crippen molar-refractivity contribution in [2.24, 2.45) is 0 Å². The van der Waals surface area contributed by atoms with Crippen LogP contribution in [-0.4, -0.2) is 17.3 Å². The van der Waals surface area contributed by atoms with Crippen molar-refractivity contribution in [3.05, 3.63) is 93.5 Å². The number of nitrogens with two attached hydrogens (primary N) is 2. The number of hydrogen-bond acceptors (Lipinski definition) is 5. The Morgan fingerprint density at radius 3 is 2.11 bits per heavy atom. The second kappa shape index (κ2) is 5.92. The van der Waals surface area contributed by atoms with Gasteiger partial charge in [0.2, 0.25) is 0 Å². The molecule has 0 heterocycles. The van der Waals surface area contributed by atoms with Crippen LogP contribution in [-0.2, 0) is 0 Å². The van der Waals surface area contributed by atoms with E-state index in [2.05, 4.69) is 0 Å². The zero-order chi connectivity index (χ0) is 19.3. The van der Waals surface area contributed by atoms with Crippen LogP contribution in [0.5, 0.6) is 0 Å². The van der Waals surface area contributed by atoms with Crippen molar-refractivity contribution in [3.63, 3.8) is 0 Å². The molecule has 5 heteroatoms. The Hall–Kier alpha value is -3.73. The van der Waals surface area contributed by atoms with E-state index in [0.717, 1.165) is 5.56 Å². The van der Waals surface area contributed by atoms with Crippen LogP contribution >= 0.6 is 0 Å². The molecule has 27 heavy (non-hydrogen) atoms. The number of fused-ring (bicyclic) bond motifs is 2. The van der Waals surface area contributed by atoms with Crippen LogP contribution in [0.3, 0.4) is 0 Å². The minimum absolute atomic E-state index is 0.0896. The van der Waals surface area contributed by atoms with Crippen molar-refractivity contribution >= 4 is 28.7 Å². The average molecular weight is 356 g/mol. The number of rotatable bonds is 2. The molecule has 1 aliphatic rings. The maximum atomic E-state index is 13.1. The molecular formula is C22H16N2O3. The van der Waals surface area contributed by atoms with Crippen LogP contribution < -0.4 is 11.5 Å². The van der Waals surface area contributed by atoms with Crippen LogP contribution in [0.4, 0.5) is 11.4 Å². The zero-order valence-corrected chi connectivity index (χ0v) is 14.6. The summed E-state index contributed by atoms with van der Waals surface area (Å²) in [6.45, 7) is 1.92. The highest BCUT2D eigenvalue weighted by atomic mass is 16.1. The lowest BCUT2D eigenvalue weighted by molar-refractivity contribution is 0.0971. The second-order valence-electron chi connectivity index (χ2n) is 6.57. The van der Waals surface area contributed by atoms with E-state index in [-0.39, 0.29) is 45.0 Å². The molecule has 0 saturated carbocycles. The topological polar surface area (TPSA) is 103 Å². The number of benzene rings is 3. The smallest absolute Gasteiger partial charge is 0.196 e. The van der Waals surface area contributed by atoms with Crippen molar-refractivity contribution in [1.29, 1.82) is 0 Å². The average Bonchev–Trinajstić information content (AvgIpc) is 2.67. The molecule has 1 aliphatic carbocycles. The summed E-state index contributed by atoms with van der Waals surface area (Å²) in [7, 11) is 0. The molecule has 0 amide bonds. The largest absolute Gasteiger partial charge is 0.397 e. The molecule has 4 rings (SSSR count). The van der Waals surface area contributed by atoms with E-state index in [1.165, 1.54) is 18.2 Å². The minimum atomic E-state index is -0.401. The van der Waals surface area contributed by atoms with E-state index in [1.54, 1.807) is 24.3 Å². The standard InChI is InChI=1S/C22H16N2O3/c1-11-5-7-12(8-6-11)20(25)13-3-2-4-14-17(13)21(26)15-9-10-16(23)19(24)18(15)22(14)27/h2-10H,23-24H2,1H3. The number of aryl methyl sites for hydroxylation is 1. The molecule has 0 aliphatic heterocycles. The van der Waals surface area contributed by atoms with Gasteiger partial charge in [0.1, 0.15) is 0 Å². The third kappa shape index (κ3) is 2.44. The normalized spacial score (nSPS) is 12.5. The van der Waals surface area contributed by atoms with E-state index >= 15 is 0 Å². The summed E-state index contributed by atoms with van der Waals surface area (Å²) in [5.74, 6) is -1.11. The van der Waals surface area contributed by atoms with Gasteiger partial charge in [-0.3, -0.25) is 14.4 Å². The van der Waals surface area contributed by atoms with Crippen molar-refractivity contribution in [2.75, 3.05) is 11.5 Å². The Kier molecular flexibility index (Phi) is 3.66. The first-order valence-corrected chi connectivity index (χ1v) is 8.42. The van der Waals surface area contributed by atoms with Gasteiger partial charge in [-0.25, -0.2) is 0 Å². The summed E-state index contributed by atoms with van der Waals surface area (Å²) in [4.78, 5) is 39.1. The fraction of sp³-hybridized carbons (Fsp3) is 0.0455. The first kappa shape index (κ1) is 16.7. The lowest BCUT2D eigenvalue weighted by atomic mass is 9.79. The van der Waals surface area contributed by atoms with Gasteiger partial charge in [0.05, 0.1) is 16.9 Å². The van der Waals surface area contributed by atoms with E-state index in [9.17, 15) is 14.4 Å². The van der Waals surface area contributed by atoms with Crippen LogP contribution in [0.15, 0.2) is 54.6 Å². The van der Waals surface area contributed by atoms with E-state index in [1.807, 2.05) is 19.1 Å². The van der Waals surface area contributed by atoms with Crippen LogP contribution in [0.2, 0.25) is 0 Å². The number of anilines is 2. The lowest BCUT2D eigenvalue weighted by Gasteiger charge is -2.21. The lowest BCUT2D eigenvalue weighted by Crippen LogP contribution is -2.25. The summed E-state index contributed by atoms with van der Waals surface area (Å²) >= 11 is 0. The fourth-order valence-electron chi connectivity index (χ4n) is 3.37. The van der Waals surface area contributed by atoms with Gasteiger partial charge in [-0.15, -0.1) is 0 Å². The zero-order valence-electron chi connectivity index (χ0n) is 14.6. The molecular weight excluding hydrogens is 340 g/mol. The SMILES string of the molecule is Cc1ccc(C(=O)c2cccc3c2C(=O)c2ccc(N)c(N)c2C3=O)cc1. The molecule has 5 nitrogen and oxygen atoms in total. The second-order valence-corrected chi connectivity index (χ2v) is 6.57. The summed E-state index contributed by atoms with van der Waals surface area (Å²) in [5, 5.41) is 0. The minimum Gasteiger partial charge on any atom is -0.397 e. The van der Waals surface area contributed by atoms with Gasteiger partial charge in [-0.2, -0.15) is 0 Å². The third-order valence-electron chi connectivity index (χ3n) is 4.85. The molecule has 3 aromatic rings.